The van der Waals surface area contributed by atoms with Gasteiger partial charge in [0.15, 0.2) is 0 Å². The minimum Gasteiger partial charge on any atom is -0.351 e. The van der Waals surface area contributed by atoms with Gasteiger partial charge in [-0.25, -0.2) is 0 Å². The number of carbonyl (C=O) groups is 1. The average Bonchev–Trinajstić information content (AvgIpc) is 2.59. The van der Waals surface area contributed by atoms with E-state index in [1.807, 2.05) is 5.32 Å². The molecule has 0 aromatic carbocycles. The molecule has 0 bridgehead atoms. The third-order valence-corrected chi connectivity index (χ3v) is 1.86. The highest BCUT2D eigenvalue weighted by atomic mass is 19.4. The van der Waals surface area contributed by atoms with Crippen molar-refractivity contribution in [1.29, 1.82) is 0 Å². The fourth-order valence-electron chi connectivity index (χ4n) is 1.14. The number of aryl methyl sites for hydroxylation is 1. The zero-order chi connectivity index (χ0) is 12.9. The maximum atomic E-state index is 11.8. The lowest BCUT2D eigenvalue weighted by Crippen LogP contribution is -2.37. The van der Waals surface area contributed by atoms with Gasteiger partial charge in [0.25, 0.3) is 0 Å². The summed E-state index contributed by atoms with van der Waals surface area (Å²) in [5.74, 6) is -0.488. The normalized spacial score (nSPS) is 11.5. The molecule has 96 valence electrons. The van der Waals surface area contributed by atoms with Gasteiger partial charge >= 0.3 is 6.18 Å². The van der Waals surface area contributed by atoms with Crippen molar-refractivity contribution in [3.8, 4) is 0 Å². The number of aromatic nitrogens is 2. The monoisotopic (exact) mass is 250 g/mol. The highest BCUT2D eigenvalue weighted by Gasteiger charge is 2.26. The highest BCUT2D eigenvalue weighted by Crippen LogP contribution is 2.11. The molecule has 0 spiro atoms. The second kappa shape index (κ2) is 5.67. The summed E-state index contributed by atoms with van der Waals surface area (Å²) in [6.07, 6.45) is -1.02. The molecule has 0 atom stereocenters. The Balaban J connectivity index is 2.18. The van der Waals surface area contributed by atoms with Gasteiger partial charge in [0.1, 0.15) is 0 Å². The predicted octanol–water partition coefficient (Wildman–Crippen LogP) is 0.188. The summed E-state index contributed by atoms with van der Waals surface area (Å²) in [4.78, 5) is 11.1. The minimum atomic E-state index is -4.30. The first-order chi connectivity index (χ1) is 7.87. The summed E-state index contributed by atoms with van der Waals surface area (Å²) in [6.45, 7) is -1.28. The zero-order valence-electron chi connectivity index (χ0n) is 9.21. The quantitative estimate of drug-likeness (QED) is 0.784. The molecule has 1 aromatic rings. The molecule has 0 aliphatic heterocycles. The molecular formula is C9H13F3N4O. The van der Waals surface area contributed by atoms with Crippen LogP contribution >= 0.6 is 0 Å². The van der Waals surface area contributed by atoms with Crippen LogP contribution in [-0.4, -0.2) is 35.0 Å². The van der Waals surface area contributed by atoms with Crippen LogP contribution in [0.4, 0.5) is 13.2 Å². The van der Waals surface area contributed by atoms with E-state index in [4.69, 9.17) is 0 Å². The third kappa shape index (κ3) is 5.91. The number of nitrogens with one attached hydrogen (secondary N) is 2. The third-order valence-electron chi connectivity index (χ3n) is 1.86. The first-order valence-corrected chi connectivity index (χ1v) is 4.88. The first-order valence-electron chi connectivity index (χ1n) is 4.88. The van der Waals surface area contributed by atoms with Crippen LogP contribution in [0.3, 0.4) is 0 Å². The van der Waals surface area contributed by atoms with Crippen molar-refractivity contribution in [3.63, 3.8) is 0 Å². The summed E-state index contributed by atoms with van der Waals surface area (Å²) >= 11 is 0. The molecule has 8 heteroatoms. The van der Waals surface area contributed by atoms with Crippen molar-refractivity contribution in [3.05, 3.63) is 18.0 Å². The zero-order valence-corrected chi connectivity index (χ0v) is 9.21. The number of amides is 1. The summed E-state index contributed by atoms with van der Waals surface area (Å²) in [5.41, 5.74) is 0.789. The molecule has 0 unspecified atom stereocenters. The Morgan fingerprint density at radius 3 is 2.76 bits per heavy atom. The van der Waals surface area contributed by atoms with E-state index in [-0.39, 0.29) is 13.1 Å². The second-order valence-corrected chi connectivity index (χ2v) is 3.52. The van der Waals surface area contributed by atoms with Crippen LogP contribution in [0.25, 0.3) is 0 Å². The van der Waals surface area contributed by atoms with Crippen molar-refractivity contribution in [2.75, 3.05) is 13.1 Å². The number of hydrogen-bond donors (Lipinski definition) is 2. The molecule has 1 rings (SSSR count). The van der Waals surface area contributed by atoms with Crippen LogP contribution in [0.5, 0.6) is 0 Å². The Hall–Kier alpha value is -1.57. The van der Waals surface area contributed by atoms with Gasteiger partial charge in [-0.3, -0.25) is 9.48 Å². The van der Waals surface area contributed by atoms with Gasteiger partial charge in [-0.2, -0.15) is 18.3 Å². The van der Waals surface area contributed by atoms with Gasteiger partial charge in [-0.15, -0.1) is 0 Å². The molecule has 1 aromatic heterocycles. The van der Waals surface area contributed by atoms with Crippen LogP contribution in [0, 0.1) is 0 Å². The van der Waals surface area contributed by atoms with Crippen molar-refractivity contribution in [2.24, 2.45) is 7.05 Å². The molecule has 0 saturated carbocycles. The fraction of sp³-hybridized carbons (Fsp3) is 0.556. The van der Waals surface area contributed by atoms with Crippen molar-refractivity contribution in [2.45, 2.75) is 12.7 Å². The summed E-state index contributed by atoms with van der Waals surface area (Å²) in [6, 6.07) is 0. The Bertz CT molecular complexity index is 375. The smallest absolute Gasteiger partial charge is 0.351 e. The molecule has 5 nitrogen and oxygen atoms in total. The van der Waals surface area contributed by atoms with Crippen LogP contribution in [0.1, 0.15) is 5.56 Å². The molecule has 1 heterocycles. The summed E-state index contributed by atoms with van der Waals surface area (Å²) in [5, 5.41) is 8.38. The van der Waals surface area contributed by atoms with Crippen LogP contribution in [0.15, 0.2) is 12.4 Å². The van der Waals surface area contributed by atoms with Crippen molar-refractivity contribution < 1.29 is 18.0 Å². The second-order valence-electron chi connectivity index (χ2n) is 3.52. The van der Waals surface area contributed by atoms with Gasteiger partial charge in [0.05, 0.1) is 19.3 Å². The van der Waals surface area contributed by atoms with Gasteiger partial charge in [-0.05, 0) is 0 Å². The number of hydrogen-bond acceptors (Lipinski definition) is 3. The van der Waals surface area contributed by atoms with Crippen LogP contribution in [0.2, 0.25) is 0 Å². The predicted molar refractivity (Wildman–Crippen MR) is 54.0 cm³/mol. The minimum absolute atomic E-state index is 0.250. The van der Waals surface area contributed by atoms with E-state index in [2.05, 4.69) is 10.4 Å². The van der Waals surface area contributed by atoms with E-state index in [9.17, 15) is 18.0 Å². The lowest BCUT2D eigenvalue weighted by Gasteiger charge is -2.08. The summed E-state index contributed by atoms with van der Waals surface area (Å²) in [7, 11) is 1.73. The van der Waals surface area contributed by atoms with Gasteiger partial charge in [0.2, 0.25) is 5.91 Å². The molecule has 1 amide bonds. The molecular weight excluding hydrogens is 237 g/mol. The molecule has 0 radical (unpaired) electrons. The first kappa shape index (κ1) is 13.5. The maximum absolute atomic E-state index is 11.8. The largest absolute Gasteiger partial charge is 0.401 e. The topological polar surface area (TPSA) is 59.0 Å². The Labute approximate surface area is 96.0 Å². The highest BCUT2D eigenvalue weighted by molar-refractivity contribution is 5.77. The van der Waals surface area contributed by atoms with E-state index in [1.165, 1.54) is 0 Å². The van der Waals surface area contributed by atoms with Crippen LogP contribution in [-0.2, 0) is 18.4 Å². The van der Waals surface area contributed by atoms with E-state index >= 15 is 0 Å². The SMILES string of the molecule is Cn1cc(CNC(=O)CNCC(F)(F)F)cn1. The van der Waals surface area contributed by atoms with Crippen molar-refractivity contribution >= 4 is 5.91 Å². The lowest BCUT2D eigenvalue weighted by atomic mass is 10.3. The molecule has 0 fully saturated rings. The average molecular weight is 250 g/mol. The van der Waals surface area contributed by atoms with Gasteiger partial charge in [0, 0.05) is 25.4 Å². The lowest BCUT2D eigenvalue weighted by molar-refractivity contribution is -0.128. The van der Waals surface area contributed by atoms with Crippen LogP contribution < -0.4 is 10.6 Å². The molecule has 2 N–H and O–H groups in total. The van der Waals surface area contributed by atoms with E-state index in [1.54, 1.807) is 24.1 Å². The number of alkyl halides is 3. The van der Waals surface area contributed by atoms with Gasteiger partial charge in [-0.1, -0.05) is 0 Å². The molecule has 0 saturated heterocycles. The van der Waals surface area contributed by atoms with E-state index in [0.717, 1.165) is 5.56 Å². The number of carbonyl (C=O) groups excluding carboxylic acids is 1. The number of rotatable bonds is 5. The van der Waals surface area contributed by atoms with Crippen molar-refractivity contribution in [1.82, 2.24) is 20.4 Å². The molecule has 17 heavy (non-hydrogen) atoms. The Morgan fingerprint density at radius 1 is 1.53 bits per heavy atom. The van der Waals surface area contributed by atoms with E-state index < -0.39 is 18.6 Å². The maximum Gasteiger partial charge on any atom is 0.401 e. The fourth-order valence-corrected chi connectivity index (χ4v) is 1.14. The molecule has 0 aliphatic carbocycles. The Kier molecular flexibility index (Phi) is 4.50. The number of nitrogens with zero attached hydrogens (tertiary/aromatic N) is 2. The molecule has 0 aliphatic rings. The summed E-state index contributed by atoms with van der Waals surface area (Å²) < 4.78 is 36.8. The Morgan fingerprint density at radius 2 is 2.24 bits per heavy atom. The van der Waals surface area contributed by atoms with E-state index in [0.29, 0.717) is 0 Å². The van der Waals surface area contributed by atoms with Gasteiger partial charge < -0.3 is 10.6 Å². The standard InChI is InChI=1S/C9H13F3N4O/c1-16-5-7(3-15-16)2-14-8(17)4-13-6-9(10,11)12/h3,5,13H,2,4,6H2,1H3,(H,14,17). The number of halogens is 3.